The van der Waals surface area contributed by atoms with E-state index in [1.165, 1.54) is 0 Å². The molecule has 3 rings (SSSR count). The highest BCUT2D eigenvalue weighted by atomic mass is 16.5. The summed E-state index contributed by atoms with van der Waals surface area (Å²) in [6, 6.07) is 11.4. The van der Waals surface area contributed by atoms with E-state index in [1.807, 2.05) is 30.3 Å². The Kier molecular flexibility index (Phi) is 6.76. The molecule has 2 N–H and O–H groups in total. The highest BCUT2D eigenvalue weighted by Crippen LogP contribution is 2.18. The number of nitrogens with zero attached hydrogens (tertiary/aromatic N) is 2. The van der Waals surface area contributed by atoms with Crippen LogP contribution in [0.25, 0.3) is 11.4 Å². The third kappa shape index (κ3) is 5.76. The highest BCUT2D eigenvalue weighted by molar-refractivity contribution is 5.93. The Morgan fingerprint density at radius 1 is 1.26 bits per heavy atom. The fourth-order valence-electron chi connectivity index (χ4n) is 2.96. The largest absolute Gasteiger partial charge is 0.376 e. The predicted molar refractivity (Wildman–Crippen MR) is 107 cm³/mol. The first-order chi connectivity index (χ1) is 13.1. The van der Waals surface area contributed by atoms with Crippen LogP contribution < -0.4 is 10.6 Å². The first-order valence-electron chi connectivity index (χ1n) is 9.70. The van der Waals surface area contributed by atoms with E-state index >= 15 is 0 Å². The number of ether oxygens (including phenoxy) is 1. The molecule has 1 aromatic carbocycles. The molecule has 1 aliphatic rings. The van der Waals surface area contributed by atoms with Gasteiger partial charge in [-0.3, -0.25) is 4.79 Å². The molecular weight excluding hydrogens is 340 g/mol. The van der Waals surface area contributed by atoms with Crippen LogP contribution in [0.5, 0.6) is 0 Å². The molecule has 0 bridgehead atoms. The molecule has 1 unspecified atom stereocenters. The first kappa shape index (κ1) is 19.3. The smallest absolute Gasteiger partial charge is 0.270 e. The lowest BCUT2D eigenvalue weighted by atomic mass is 10.1. The van der Waals surface area contributed by atoms with Crippen LogP contribution in [0.3, 0.4) is 0 Å². The van der Waals surface area contributed by atoms with Crippen LogP contribution in [0.2, 0.25) is 0 Å². The van der Waals surface area contributed by atoms with Gasteiger partial charge in [0, 0.05) is 31.3 Å². The molecule has 1 fully saturated rings. The van der Waals surface area contributed by atoms with Crippen LogP contribution >= 0.6 is 0 Å². The maximum atomic E-state index is 12.6. The minimum absolute atomic E-state index is 0.105. The zero-order valence-electron chi connectivity index (χ0n) is 16.1. The summed E-state index contributed by atoms with van der Waals surface area (Å²) in [5, 5.41) is 6.26. The molecular formula is C21H28N4O2. The van der Waals surface area contributed by atoms with E-state index in [1.54, 1.807) is 6.07 Å². The average molecular weight is 368 g/mol. The van der Waals surface area contributed by atoms with Crippen molar-refractivity contribution in [2.75, 3.05) is 25.0 Å². The monoisotopic (exact) mass is 368 g/mol. The molecule has 6 heteroatoms. The van der Waals surface area contributed by atoms with Crippen molar-refractivity contribution < 1.29 is 9.53 Å². The van der Waals surface area contributed by atoms with Crippen molar-refractivity contribution in [2.24, 2.45) is 5.92 Å². The summed E-state index contributed by atoms with van der Waals surface area (Å²) in [7, 11) is 0. The Hall–Kier alpha value is -2.47. The van der Waals surface area contributed by atoms with E-state index in [4.69, 9.17) is 4.74 Å². The number of amides is 1. The zero-order valence-corrected chi connectivity index (χ0v) is 16.1. The van der Waals surface area contributed by atoms with Gasteiger partial charge in [0.25, 0.3) is 5.91 Å². The number of nitrogens with one attached hydrogen (secondary N) is 2. The third-order valence-electron chi connectivity index (χ3n) is 4.53. The lowest BCUT2D eigenvalue weighted by Gasteiger charge is -2.13. The number of hydrogen-bond donors (Lipinski definition) is 2. The summed E-state index contributed by atoms with van der Waals surface area (Å²) < 4.78 is 5.57. The minimum Gasteiger partial charge on any atom is -0.376 e. The molecule has 1 amide bonds. The van der Waals surface area contributed by atoms with Crippen LogP contribution in [-0.4, -0.2) is 41.7 Å². The van der Waals surface area contributed by atoms with Crippen LogP contribution in [0.15, 0.2) is 36.4 Å². The van der Waals surface area contributed by atoms with Crippen molar-refractivity contribution in [1.82, 2.24) is 15.3 Å². The molecule has 0 aliphatic carbocycles. The van der Waals surface area contributed by atoms with Crippen molar-refractivity contribution in [1.29, 1.82) is 0 Å². The number of hydrogen-bond acceptors (Lipinski definition) is 5. The van der Waals surface area contributed by atoms with E-state index in [2.05, 4.69) is 34.4 Å². The number of carbonyl (C=O) groups is 1. The molecule has 0 radical (unpaired) electrons. The van der Waals surface area contributed by atoms with E-state index in [-0.39, 0.29) is 12.0 Å². The van der Waals surface area contributed by atoms with Crippen LogP contribution in [-0.2, 0) is 4.74 Å². The molecule has 0 spiro atoms. The van der Waals surface area contributed by atoms with Gasteiger partial charge in [0.1, 0.15) is 11.5 Å². The number of anilines is 1. The lowest BCUT2D eigenvalue weighted by molar-refractivity contribution is 0.0853. The Labute approximate surface area is 160 Å². The van der Waals surface area contributed by atoms with Gasteiger partial charge in [0.2, 0.25) is 0 Å². The number of carbonyl (C=O) groups excluding carboxylic acids is 1. The third-order valence-corrected chi connectivity index (χ3v) is 4.53. The van der Waals surface area contributed by atoms with Gasteiger partial charge in [-0.25, -0.2) is 9.97 Å². The van der Waals surface area contributed by atoms with Gasteiger partial charge in [0.15, 0.2) is 5.82 Å². The predicted octanol–water partition coefficient (Wildman–Crippen LogP) is 3.51. The van der Waals surface area contributed by atoms with Crippen molar-refractivity contribution >= 4 is 11.7 Å². The fourth-order valence-corrected chi connectivity index (χ4v) is 2.96. The van der Waals surface area contributed by atoms with E-state index in [0.717, 1.165) is 38.0 Å². The second-order valence-corrected chi connectivity index (χ2v) is 7.28. The summed E-state index contributed by atoms with van der Waals surface area (Å²) in [5.41, 5.74) is 1.26. The van der Waals surface area contributed by atoms with Gasteiger partial charge in [-0.05, 0) is 25.2 Å². The molecule has 27 heavy (non-hydrogen) atoms. The maximum absolute atomic E-state index is 12.6. The normalized spacial score (nSPS) is 16.5. The summed E-state index contributed by atoms with van der Waals surface area (Å²) >= 11 is 0. The summed E-state index contributed by atoms with van der Waals surface area (Å²) in [5.74, 6) is 1.62. The van der Waals surface area contributed by atoms with Crippen molar-refractivity contribution in [2.45, 2.75) is 39.2 Å². The molecule has 144 valence electrons. The Balaban J connectivity index is 1.76. The highest BCUT2D eigenvalue weighted by Gasteiger charge is 2.18. The van der Waals surface area contributed by atoms with E-state index in [9.17, 15) is 4.79 Å². The van der Waals surface area contributed by atoms with E-state index < -0.39 is 0 Å². The summed E-state index contributed by atoms with van der Waals surface area (Å²) in [4.78, 5) is 21.7. The second kappa shape index (κ2) is 9.46. The zero-order chi connectivity index (χ0) is 19.1. The maximum Gasteiger partial charge on any atom is 0.270 e. The van der Waals surface area contributed by atoms with Gasteiger partial charge in [-0.2, -0.15) is 0 Å². The van der Waals surface area contributed by atoms with Crippen molar-refractivity contribution in [3.63, 3.8) is 0 Å². The van der Waals surface area contributed by atoms with Gasteiger partial charge < -0.3 is 15.4 Å². The standard InChI is InChI=1S/C21H28N4O2/c1-15(2)10-11-22-19-13-18(21(26)23-14-17-9-6-12-27-17)24-20(25-19)16-7-4-3-5-8-16/h3-5,7-8,13,15,17H,6,9-12,14H2,1-2H3,(H,23,26)(H,22,24,25). The second-order valence-electron chi connectivity index (χ2n) is 7.28. The minimum atomic E-state index is -0.197. The lowest BCUT2D eigenvalue weighted by Crippen LogP contribution is -2.32. The van der Waals surface area contributed by atoms with Gasteiger partial charge in [-0.1, -0.05) is 44.2 Å². The van der Waals surface area contributed by atoms with Crippen LogP contribution in [0.4, 0.5) is 5.82 Å². The number of benzene rings is 1. The van der Waals surface area contributed by atoms with Crippen LogP contribution in [0, 0.1) is 5.92 Å². The topological polar surface area (TPSA) is 76.1 Å². The number of aromatic nitrogens is 2. The Bertz CT molecular complexity index is 743. The first-order valence-corrected chi connectivity index (χ1v) is 9.70. The summed E-state index contributed by atoms with van der Waals surface area (Å²) in [6.45, 7) is 6.46. The Morgan fingerprint density at radius 2 is 2.07 bits per heavy atom. The molecule has 1 aromatic heterocycles. The molecule has 2 heterocycles. The molecule has 6 nitrogen and oxygen atoms in total. The van der Waals surface area contributed by atoms with Gasteiger partial charge in [-0.15, -0.1) is 0 Å². The quantitative estimate of drug-likeness (QED) is 0.746. The Morgan fingerprint density at radius 3 is 2.78 bits per heavy atom. The van der Waals surface area contributed by atoms with Crippen LogP contribution in [0.1, 0.15) is 43.6 Å². The molecule has 1 aliphatic heterocycles. The average Bonchev–Trinajstić information content (AvgIpc) is 3.20. The van der Waals surface area contributed by atoms with Crippen molar-refractivity contribution in [3.05, 3.63) is 42.1 Å². The molecule has 2 aromatic rings. The van der Waals surface area contributed by atoms with Crippen molar-refractivity contribution in [3.8, 4) is 11.4 Å². The van der Waals surface area contributed by atoms with E-state index in [0.29, 0.717) is 29.8 Å². The summed E-state index contributed by atoms with van der Waals surface area (Å²) in [6.07, 6.45) is 3.18. The van der Waals surface area contributed by atoms with Gasteiger partial charge in [0.05, 0.1) is 6.10 Å². The number of rotatable bonds is 8. The molecule has 0 saturated carbocycles. The fraction of sp³-hybridized carbons (Fsp3) is 0.476. The SMILES string of the molecule is CC(C)CCNc1cc(C(=O)NCC2CCCO2)nc(-c2ccccc2)n1. The van der Waals surface area contributed by atoms with Gasteiger partial charge >= 0.3 is 0 Å². The molecule has 1 atom stereocenters. The molecule has 1 saturated heterocycles.